The fourth-order valence-corrected chi connectivity index (χ4v) is 5.33. The monoisotopic (exact) mass is 328 g/mol. The molecule has 126 valence electrons. The summed E-state index contributed by atoms with van der Waals surface area (Å²) in [6.45, 7) is 4.90. The van der Waals surface area contributed by atoms with Crippen molar-refractivity contribution in [2.24, 2.45) is 0 Å². The van der Waals surface area contributed by atoms with Crippen LogP contribution in [-0.4, -0.2) is 54.0 Å². The minimum atomic E-state index is -0.0287. The first-order valence-electron chi connectivity index (χ1n) is 8.49. The van der Waals surface area contributed by atoms with E-state index in [-0.39, 0.29) is 35.9 Å². The van der Waals surface area contributed by atoms with E-state index in [9.17, 15) is 4.79 Å². The summed E-state index contributed by atoms with van der Waals surface area (Å²) in [6.07, 6.45) is 5.21. The number of hydrogen-bond acceptors (Lipinski definition) is 4. The van der Waals surface area contributed by atoms with Crippen LogP contribution in [0.4, 0.5) is 4.79 Å². The van der Waals surface area contributed by atoms with Crippen molar-refractivity contribution in [3.05, 3.63) is 0 Å². The quantitative estimate of drug-likeness (QED) is 0.816. The van der Waals surface area contributed by atoms with Gasteiger partial charge in [0.1, 0.15) is 0 Å². The second-order valence-electron chi connectivity index (χ2n) is 7.07. The van der Waals surface area contributed by atoms with E-state index < -0.39 is 0 Å². The molecule has 0 bridgehead atoms. The van der Waals surface area contributed by atoms with Gasteiger partial charge in [0.2, 0.25) is 0 Å². The third-order valence-corrected chi connectivity index (χ3v) is 6.15. The van der Waals surface area contributed by atoms with Gasteiger partial charge in [-0.2, -0.15) is 11.8 Å². The molecule has 4 unspecified atom stereocenters. The van der Waals surface area contributed by atoms with Crippen molar-refractivity contribution in [3.63, 3.8) is 0 Å². The van der Waals surface area contributed by atoms with Gasteiger partial charge in [-0.3, -0.25) is 0 Å². The SMILES string of the molecule is CC1CC(NC(=O)NC2CCOC3(CCSC3)C2)CC(C)O1. The van der Waals surface area contributed by atoms with Crippen LogP contribution in [0, 0.1) is 0 Å². The largest absolute Gasteiger partial charge is 0.375 e. The molecule has 3 heterocycles. The Morgan fingerprint density at radius 3 is 2.59 bits per heavy atom. The summed E-state index contributed by atoms with van der Waals surface area (Å²) < 4.78 is 11.7. The standard InChI is InChI=1S/C16H28N2O3S/c1-11-7-14(8-12(2)21-11)18-15(19)17-13-3-5-20-16(9-13)4-6-22-10-16/h11-14H,3-10H2,1-2H3,(H2,17,18,19). The Labute approximate surface area is 137 Å². The molecule has 0 aromatic carbocycles. The van der Waals surface area contributed by atoms with Gasteiger partial charge in [-0.05, 0) is 51.7 Å². The lowest BCUT2D eigenvalue weighted by atomic mass is 9.90. The maximum Gasteiger partial charge on any atom is 0.315 e. The number of hydrogen-bond donors (Lipinski definition) is 2. The summed E-state index contributed by atoms with van der Waals surface area (Å²) in [5, 5.41) is 6.30. The third-order valence-electron chi connectivity index (χ3n) is 4.93. The van der Waals surface area contributed by atoms with Gasteiger partial charge in [0, 0.05) is 24.4 Å². The molecule has 1 spiro atoms. The predicted octanol–water partition coefficient (Wildman–Crippen LogP) is 2.30. The fourth-order valence-electron chi connectivity index (χ4n) is 3.95. The fraction of sp³-hybridized carbons (Fsp3) is 0.938. The number of ether oxygens (including phenoxy) is 2. The normalized spacial score (nSPS) is 42.3. The topological polar surface area (TPSA) is 59.6 Å². The molecule has 6 heteroatoms. The molecule has 3 aliphatic rings. The van der Waals surface area contributed by atoms with Gasteiger partial charge in [0.15, 0.2) is 0 Å². The van der Waals surface area contributed by atoms with Crippen molar-refractivity contribution in [3.8, 4) is 0 Å². The summed E-state index contributed by atoms with van der Waals surface area (Å²) in [5.41, 5.74) is 0.0164. The Morgan fingerprint density at radius 1 is 1.18 bits per heavy atom. The number of carbonyl (C=O) groups is 1. The number of amides is 2. The molecular formula is C16H28N2O3S. The average molecular weight is 328 g/mol. The van der Waals surface area contributed by atoms with Crippen LogP contribution in [0.15, 0.2) is 0 Å². The van der Waals surface area contributed by atoms with Crippen molar-refractivity contribution in [1.82, 2.24) is 10.6 Å². The van der Waals surface area contributed by atoms with Crippen molar-refractivity contribution < 1.29 is 14.3 Å². The van der Waals surface area contributed by atoms with Gasteiger partial charge in [0.05, 0.1) is 17.8 Å². The molecule has 22 heavy (non-hydrogen) atoms. The highest BCUT2D eigenvalue weighted by Crippen LogP contribution is 2.38. The van der Waals surface area contributed by atoms with Crippen LogP contribution in [0.5, 0.6) is 0 Å². The predicted molar refractivity (Wildman–Crippen MR) is 88.3 cm³/mol. The Kier molecular flexibility index (Phi) is 5.20. The molecule has 3 fully saturated rings. The van der Waals surface area contributed by atoms with Crippen molar-refractivity contribution in [2.45, 2.75) is 75.8 Å². The van der Waals surface area contributed by atoms with E-state index in [1.54, 1.807) is 0 Å². The van der Waals surface area contributed by atoms with E-state index in [4.69, 9.17) is 9.47 Å². The molecule has 3 rings (SSSR count). The Bertz CT molecular complexity index is 391. The van der Waals surface area contributed by atoms with Gasteiger partial charge in [-0.25, -0.2) is 4.79 Å². The van der Waals surface area contributed by atoms with Crippen LogP contribution in [0.1, 0.15) is 46.0 Å². The van der Waals surface area contributed by atoms with Gasteiger partial charge >= 0.3 is 6.03 Å². The average Bonchev–Trinajstić information content (AvgIpc) is 2.85. The first kappa shape index (κ1) is 16.4. The molecule has 0 saturated carbocycles. The van der Waals surface area contributed by atoms with Crippen LogP contribution < -0.4 is 10.6 Å². The maximum atomic E-state index is 12.3. The first-order chi connectivity index (χ1) is 10.5. The number of nitrogens with one attached hydrogen (secondary N) is 2. The smallest absolute Gasteiger partial charge is 0.315 e. The van der Waals surface area contributed by atoms with E-state index >= 15 is 0 Å². The highest BCUT2D eigenvalue weighted by Gasteiger charge is 2.41. The summed E-state index contributed by atoms with van der Waals surface area (Å²) in [7, 11) is 0. The molecular weight excluding hydrogens is 300 g/mol. The van der Waals surface area contributed by atoms with Gasteiger partial charge in [-0.15, -0.1) is 0 Å². The summed E-state index contributed by atoms with van der Waals surface area (Å²) >= 11 is 1.96. The molecule has 0 aromatic rings. The molecule has 0 radical (unpaired) electrons. The summed E-state index contributed by atoms with van der Waals surface area (Å²) in [5.74, 6) is 2.25. The lowest BCUT2D eigenvalue weighted by molar-refractivity contribution is -0.0686. The molecule has 4 atom stereocenters. The van der Waals surface area contributed by atoms with Crippen LogP contribution in [0.25, 0.3) is 0 Å². The zero-order valence-electron chi connectivity index (χ0n) is 13.6. The summed E-state index contributed by atoms with van der Waals surface area (Å²) in [4.78, 5) is 12.3. The second kappa shape index (κ2) is 6.97. The van der Waals surface area contributed by atoms with Crippen LogP contribution in [0.2, 0.25) is 0 Å². The molecule has 2 N–H and O–H groups in total. The number of thioether (sulfide) groups is 1. The van der Waals surface area contributed by atoms with Gasteiger partial charge in [-0.1, -0.05) is 0 Å². The number of urea groups is 1. The van der Waals surface area contributed by atoms with E-state index in [0.29, 0.717) is 0 Å². The molecule has 0 aliphatic carbocycles. The van der Waals surface area contributed by atoms with E-state index in [0.717, 1.165) is 44.5 Å². The van der Waals surface area contributed by atoms with Crippen molar-refractivity contribution in [1.29, 1.82) is 0 Å². The molecule has 0 aromatic heterocycles. The van der Waals surface area contributed by atoms with Crippen LogP contribution >= 0.6 is 11.8 Å². The Hall–Kier alpha value is -0.460. The van der Waals surface area contributed by atoms with Crippen molar-refractivity contribution >= 4 is 17.8 Å². The molecule has 2 amide bonds. The van der Waals surface area contributed by atoms with E-state index in [1.165, 1.54) is 5.75 Å². The lowest BCUT2D eigenvalue weighted by Crippen LogP contribution is -2.53. The third kappa shape index (κ3) is 4.09. The highest BCUT2D eigenvalue weighted by molar-refractivity contribution is 7.99. The Balaban J connectivity index is 1.47. The maximum absolute atomic E-state index is 12.3. The first-order valence-corrected chi connectivity index (χ1v) is 9.64. The zero-order valence-corrected chi connectivity index (χ0v) is 14.4. The zero-order chi connectivity index (χ0) is 15.6. The molecule has 5 nitrogen and oxygen atoms in total. The number of carbonyl (C=O) groups excluding carboxylic acids is 1. The highest BCUT2D eigenvalue weighted by atomic mass is 32.2. The molecule has 3 saturated heterocycles. The molecule has 3 aliphatic heterocycles. The summed E-state index contributed by atoms with van der Waals surface area (Å²) in [6, 6.07) is 0.427. The van der Waals surface area contributed by atoms with E-state index in [2.05, 4.69) is 24.5 Å². The number of rotatable bonds is 2. The van der Waals surface area contributed by atoms with E-state index in [1.807, 2.05) is 11.8 Å². The second-order valence-corrected chi connectivity index (χ2v) is 8.17. The van der Waals surface area contributed by atoms with Gasteiger partial charge in [0.25, 0.3) is 0 Å². The van der Waals surface area contributed by atoms with Crippen LogP contribution in [-0.2, 0) is 9.47 Å². The minimum absolute atomic E-state index is 0.0164. The Morgan fingerprint density at radius 2 is 1.91 bits per heavy atom. The van der Waals surface area contributed by atoms with Crippen LogP contribution in [0.3, 0.4) is 0 Å². The van der Waals surface area contributed by atoms with Gasteiger partial charge < -0.3 is 20.1 Å². The van der Waals surface area contributed by atoms with Crippen molar-refractivity contribution in [2.75, 3.05) is 18.1 Å². The lowest BCUT2D eigenvalue weighted by Gasteiger charge is -2.38. The minimum Gasteiger partial charge on any atom is -0.375 e.